The van der Waals surface area contributed by atoms with E-state index >= 15 is 0 Å². The summed E-state index contributed by atoms with van der Waals surface area (Å²) in [5, 5.41) is 11.3. The number of hydrogen-bond acceptors (Lipinski definition) is 4. The molecule has 1 heterocycles. The second kappa shape index (κ2) is 4.93. The molecule has 0 aliphatic carbocycles. The zero-order valence-electron chi connectivity index (χ0n) is 11.1. The van der Waals surface area contributed by atoms with E-state index in [0.29, 0.717) is 17.1 Å². The molecule has 106 valence electrons. The standard InChI is InChI=1S/C14H11F2N5/c1-8-4-9(2-3-13(8)17)14-18-19-20-21(14)12-6-10(15)5-11(16)7-12/h2-7H,17H2,1H3. The number of hydrogen-bond donors (Lipinski definition) is 1. The lowest BCUT2D eigenvalue weighted by atomic mass is 10.1. The van der Waals surface area contributed by atoms with Crippen LogP contribution in [0.3, 0.4) is 0 Å². The molecule has 5 nitrogen and oxygen atoms in total. The van der Waals surface area contributed by atoms with Crippen LogP contribution in [0.25, 0.3) is 17.1 Å². The second-order valence-corrected chi connectivity index (χ2v) is 4.61. The Labute approximate surface area is 119 Å². The molecule has 0 fully saturated rings. The molecule has 3 aromatic rings. The number of aryl methyl sites for hydroxylation is 1. The summed E-state index contributed by atoms with van der Waals surface area (Å²) in [5.74, 6) is -1.01. The predicted octanol–water partition coefficient (Wildman–Crippen LogP) is 2.50. The van der Waals surface area contributed by atoms with Crippen LogP contribution in [0, 0.1) is 18.6 Å². The van der Waals surface area contributed by atoms with Crippen LogP contribution in [0.1, 0.15) is 5.56 Å². The maximum atomic E-state index is 13.3. The summed E-state index contributed by atoms with van der Waals surface area (Å²) >= 11 is 0. The molecule has 0 atom stereocenters. The van der Waals surface area contributed by atoms with Gasteiger partial charge in [-0.3, -0.25) is 0 Å². The highest BCUT2D eigenvalue weighted by molar-refractivity contribution is 5.63. The third-order valence-corrected chi connectivity index (χ3v) is 3.09. The second-order valence-electron chi connectivity index (χ2n) is 4.61. The fourth-order valence-electron chi connectivity index (χ4n) is 2.02. The highest BCUT2D eigenvalue weighted by Crippen LogP contribution is 2.23. The molecular formula is C14H11F2N5. The van der Waals surface area contributed by atoms with Gasteiger partial charge >= 0.3 is 0 Å². The number of tetrazole rings is 1. The van der Waals surface area contributed by atoms with Crippen LogP contribution < -0.4 is 5.73 Å². The van der Waals surface area contributed by atoms with Crippen LogP contribution in [-0.2, 0) is 0 Å². The summed E-state index contributed by atoms with van der Waals surface area (Å²) in [6.07, 6.45) is 0. The maximum Gasteiger partial charge on any atom is 0.187 e. The lowest BCUT2D eigenvalue weighted by Gasteiger charge is -2.07. The van der Waals surface area contributed by atoms with Crippen molar-refractivity contribution in [3.05, 3.63) is 53.6 Å². The molecule has 0 saturated heterocycles. The third-order valence-electron chi connectivity index (χ3n) is 3.09. The Kier molecular flexibility index (Phi) is 3.09. The highest BCUT2D eigenvalue weighted by Gasteiger charge is 2.13. The molecule has 0 unspecified atom stereocenters. The van der Waals surface area contributed by atoms with E-state index in [-0.39, 0.29) is 5.69 Å². The van der Waals surface area contributed by atoms with Crippen molar-refractivity contribution >= 4 is 5.69 Å². The van der Waals surface area contributed by atoms with Gasteiger partial charge in [0.1, 0.15) is 11.6 Å². The monoisotopic (exact) mass is 287 g/mol. The van der Waals surface area contributed by atoms with Gasteiger partial charge in [0, 0.05) is 17.3 Å². The van der Waals surface area contributed by atoms with Crippen molar-refractivity contribution in [1.29, 1.82) is 0 Å². The van der Waals surface area contributed by atoms with Crippen LogP contribution in [-0.4, -0.2) is 20.2 Å². The van der Waals surface area contributed by atoms with E-state index in [1.807, 2.05) is 13.0 Å². The molecule has 0 aliphatic rings. The molecule has 21 heavy (non-hydrogen) atoms. The fourth-order valence-corrected chi connectivity index (χ4v) is 2.02. The lowest BCUT2D eigenvalue weighted by molar-refractivity contribution is 0.579. The van der Waals surface area contributed by atoms with Gasteiger partial charge in [0.25, 0.3) is 0 Å². The molecule has 1 aromatic heterocycles. The average Bonchev–Trinajstić information content (AvgIpc) is 2.90. The van der Waals surface area contributed by atoms with Crippen molar-refractivity contribution in [2.24, 2.45) is 0 Å². The largest absolute Gasteiger partial charge is 0.399 e. The normalized spacial score (nSPS) is 10.8. The summed E-state index contributed by atoms with van der Waals surface area (Å²) in [5.41, 5.74) is 8.20. The number of halogens is 2. The predicted molar refractivity (Wildman–Crippen MR) is 73.7 cm³/mol. The molecule has 0 spiro atoms. The number of nitrogens with zero attached hydrogens (tertiary/aromatic N) is 4. The molecule has 0 radical (unpaired) electrons. The minimum Gasteiger partial charge on any atom is -0.399 e. The minimum atomic E-state index is -0.695. The fraction of sp³-hybridized carbons (Fsp3) is 0.0714. The van der Waals surface area contributed by atoms with Crippen LogP contribution in [0.5, 0.6) is 0 Å². The number of nitrogens with two attached hydrogens (primary N) is 1. The first-order valence-electron chi connectivity index (χ1n) is 6.16. The van der Waals surface area contributed by atoms with Gasteiger partial charge in [-0.15, -0.1) is 5.10 Å². The maximum absolute atomic E-state index is 13.3. The number of anilines is 1. The molecular weight excluding hydrogens is 276 g/mol. The Morgan fingerprint density at radius 2 is 1.76 bits per heavy atom. The quantitative estimate of drug-likeness (QED) is 0.735. The Morgan fingerprint density at radius 1 is 1.05 bits per heavy atom. The Hall–Kier alpha value is -2.83. The topological polar surface area (TPSA) is 69.6 Å². The zero-order valence-corrected chi connectivity index (χ0v) is 11.1. The van der Waals surface area contributed by atoms with Crippen molar-refractivity contribution in [1.82, 2.24) is 20.2 Å². The molecule has 0 aliphatic heterocycles. The first-order chi connectivity index (χ1) is 10.0. The summed E-state index contributed by atoms with van der Waals surface area (Å²) in [6.45, 7) is 1.86. The SMILES string of the molecule is Cc1cc(-c2nnnn2-c2cc(F)cc(F)c2)ccc1N. The smallest absolute Gasteiger partial charge is 0.187 e. The molecule has 2 aromatic carbocycles. The number of benzene rings is 2. The van der Waals surface area contributed by atoms with Gasteiger partial charge in [-0.05, 0) is 53.2 Å². The van der Waals surface area contributed by atoms with E-state index in [0.717, 1.165) is 23.8 Å². The first kappa shape index (κ1) is 13.2. The summed E-state index contributed by atoms with van der Waals surface area (Å²) < 4.78 is 27.9. The lowest BCUT2D eigenvalue weighted by Crippen LogP contribution is -2.02. The van der Waals surface area contributed by atoms with Gasteiger partial charge in [0.2, 0.25) is 0 Å². The minimum absolute atomic E-state index is 0.210. The molecule has 0 bridgehead atoms. The van der Waals surface area contributed by atoms with Crippen LogP contribution in [0.2, 0.25) is 0 Å². The molecule has 0 saturated carbocycles. The Bertz CT molecular complexity index is 793. The molecule has 7 heteroatoms. The average molecular weight is 287 g/mol. The summed E-state index contributed by atoms with van der Waals surface area (Å²) in [7, 11) is 0. The van der Waals surface area contributed by atoms with E-state index in [2.05, 4.69) is 15.5 Å². The van der Waals surface area contributed by atoms with Crippen LogP contribution in [0.4, 0.5) is 14.5 Å². The highest BCUT2D eigenvalue weighted by atomic mass is 19.1. The van der Waals surface area contributed by atoms with Gasteiger partial charge in [-0.2, -0.15) is 4.68 Å². The summed E-state index contributed by atoms with van der Waals surface area (Å²) in [4.78, 5) is 0. The van der Waals surface area contributed by atoms with Gasteiger partial charge in [0.15, 0.2) is 5.82 Å². The van der Waals surface area contributed by atoms with E-state index < -0.39 is 11.6 Å². The van der Waals surface area contributed by atoms with E-state index in [4.69, 9.17) is 5.73 Å². The van der Waals surface area contributed by atoms with E-state index in [1.165, 1.54) is 4.68 Å². The third kappa shape index (κ3) is 2.45. The van der Waals surface area contributed by atoms with Crippen molar-refractivity contribution in [2.45, 2.75) is 6.92 Å². The summed E-state index contributed by atoms with van der Waals surface area (Å²) in [6, 6.07) is 8.41. The van der Waals surface area contributed by atoms with E-state index in [1.54, 1.807) is 12.1 Å². The van der Waals surface area contributed by atoms with Crippen LogP contribution >= 0.6 is 0 Å². The first-order valence-corrected chi connectivity index (χ1v) is 6.16. The van der Waals surface area contributed by atoms with E-state index in [9.17, 15) is 8.78 Å². The van der Waals surface area contributed by atoms with Crippen molar-refractivity contribution in [2.75, 3.05) is 5.73 Å². The zero-order chi connectivity index (χ0) is 15.0. The molecule has 0 amide bonds. The van der Waals surface area contributed by atoms with Crippen LogP contribution in [0.15, 0.2) is 36.4 Å². The van der Waals surface area contributed by atoms with Gasteiger partial charge in [-0.25, -0.2) is 8.78 Å². The van der Waals surface area contributed by atoms with Gasteiger partial charge in [0.05, 0.1) is 5.69 Å². The Morgan fingerprint density at radius 3 is 2.43 bits per heavy atom. The number of aromatic nitrogens is 4. The van der Waals surface area contributed by atoms with Crippen molar-refractivity contribution in [3.8, 4) is 17.1 Å². The van der Waals surface area contributed by atoms with Gasteiger partial charge < -0.3 is 5.73 Å². The van der Waals surface area contributed by atoms with Crippen molar-refractivity contribution in [3.63, 3.8) is 0 Å². The number of nitrogen functional groups attached to an aromatic ring is 1. The Balaban J connectivity index is 2.14. The molecule has 3 rings (SSSR count). The van der Waals surface area contributed by atoms with Gasteiger partial charge in [-0.1, -0.05) is 0 Å². The molecule has 2 N–H and O–H groups in total. The van der Waals surface area contributed by atoms with Crippen molar-refractivity contribution < 1.29 is 8.78 Å². The number of rotatable bonds is 2.